The number of carboxylic acid groups (broad SMARTS) is 1. The molecule has 0 aliphatic carbocycles. The quantitative estimate of drug-likeness (QED) is 0.339. The van der Waals surface area contributed by atoms with Crippen molar-refractivity contribution in [2.45, 2.75) is 12.8 Å². The van der Waals surface area contributed by atoms with Crippen LogP contribution in [0, 0.1) is 5.82 Å². The van der Waals surface area contributed by atoms with Crippen LogP contribution < -0.4 is 4.74 Å². The van der Waals surface area contributed by atoms with Gasteiger partial charge in [0.25, 0.3) is 0 Å². The average molecular weight is 468 g/mol. The number of hydrogen-bond acceptors (Lipinski definition) is 4. The number of aromatic nitrogens is 2. The summed E-state index contributed by atoms with van der Waals surface area (Å²) in [6.45, 7) is -0.242. The summed E-state index contributed by atoms with van der Waals surface area (Å²) in [4.78, 5) is 19.1. The van der Waals surface area contributed by atoms with E-state index in [0.717, 1.165) is 12.4 Å². The van der Waals surface area contributed by atoms with Gasteiger partial charge in [0.2, 0.25) is 0 Å². The normalized spacial score (nSPS) is 11.3. The summed E-state index contributed by atoms with van der Waals surface area (Å²) >= 11 is 0. The highest BCUT2D eigenvalue weighted by atomic mass is 19.4. The Bertz CT molecular complexity index is 1320. The Balaban J connectivity index is 1.92. The van der Waals surface area contributed by atoms with Crippen molar-refractivity contribution in [3.63, 3.8) is 0 Å². The van der Waals surface area contributed by atoms with Gasteiger partial charge in [0.1, 0.15) is 23.7 Å². The molecular formula is C25H16F4N2O3. The summed E-state index contributed by atoms with van der Waals surface area (Å²) in [5, 5.41) is 9.28. The molecule has 9 heteroatoms. The topological polar surface area (TPSA) is 72.3 Å². The fourth-order valence-corrected chi connectivity index (χ4v) is 3.44. The lowest BCUT2D eigenvalue weighted by atomic mass is 9.92. The SMILES string of the molecule is O=C(O)c1cncc(-c2c(-c3ccccc3)ccc(OCc3ccc(F)cc3)c2C(F)(F)F)n1. The Hall–Kier alpha value is -4.27. The predicted molar refractivity (Wildman–Crippen MR) is 116 cm³/mol. The largest absolute Gasteiger partial charge is 0.488 e. The highest BCUT2D eigenvalue weighted by molar-refractivity contribution is 5.89. The lowest BCUT2D eigenvalue weighted by molar-refractivity contribution is -0.138. The smallest absolute Gasteiger partial charge is 0.420 e. The summed E-state index contributed by atoms with van der Waals surface area (Å²) < 4.78 is 62.0. The fraction of sp³-hybridized carbons (Fsp3) is 0.0800. The molecule has 4 rings (SSSR count). The van der Waals surface area contributed by atoms with Crippen molar-refractivity contribution in [3.05, 3.63) is 102 Å². The Morgan fingerprint density at radius 2 is 1.65 bits per heavy atom. The van der Waals surface area contributed by atoms with Gasteiger partial charge in [-0.2, -0.15) is 13.2 Å². The van der Waals surface area contributed by atoms with E-state index in [1.54, 1.807) is 30.3 Å². The van der Waals surface area contributed by atoms with Gasteiger partial charge in [-0.05, 0) is 41.0 Å². The molecule has 0 atom stereocenters. The van der Waals surface area contributed by atoms with Crippen LogP contribution >= 0.6 is 0 Å². The van der Waals surface area contributed by atoms with Crippen LogP contribution in [0.3, 0.4) is 0 Å². The lowest BCUT2D eigenvalue weighted by Gasteiger charge is -2.21. The minimum absolute atomic E-state index is 0.180. The number of benzene rings is 3. The van der Waals surface area contributed by atoms with E-state index >= 15 is 0 Å². The molecule has 0 saturated carbocycles. The third kappa shape index (κ3) is 4.88. The maximum atomic E-state index is 14.4. The van der Waals surface area contributed by atoms with Gasteiger partial charge < -0.3 is 9.84 Å². The maximum Gasteiger partial charge on any atom is 0.420 e. The second-order valence-corrected chi connectivity index (χ2v) is 7.23. The summed E-state index contributed by atoms with van der Waals surface area (Å²) in [6, 6.07) is 16.2. The maximum absolute atomic E-state index is 14.4. The first-order valence-electron chi connectivity index (χ1n) is 9.96. The van der Waals surface area contributed by atoms with Gasteiger partial charge >= 0.3 is 12.1 Å². The molecule has 0 unspecified atom stereocenters. The van der Waals surface area contributed by atoms with E-state index < -0.39 is 35.0 Å². The van der Waals surface area contributed by atoms with E-state index in [4.69, 9.17) is 4.74 Å². The van der Waals surface area contributed by atoms with Gasteiger partial charge in [-0.3, -0.25) is 4.98 Å². The monoisotopic (exact) mass is 468 g/mol. The highest BCUT2D eigenvalue weighted by Gasteiger charge is 2.39. The molecule has 5 nitrogen and oxygen atoms in total. The minimum atomic E-state index is -4.88. The average Bonchev–Trinajstić information content (AvgIpc) is 2.83. The molecule has 4 aromatic rings. The first-order valence-corrected chi connectivity index (χ1v) is 9.96. The summed E-state index contributed by atoms with van der Waals surface area (Å²) in [5.41, 5.74) is -1.12. The zero-order chi connectivity index (χ0) is 24.3. The number of carboxylic acids is 1. The van der Waals surface area contributed by atoms with Crippen LogP contribution in [0.5, 0.6) is 5.75 Å². The number of halogens is 4. The Morgan fingerprint density at radius 1 is 0.941 bits per heavy atom. The molecule has 1 heterocycles. The molecule has 0 bridgehead atoms. The number of rotatable bonds is 6. The van der Waals surface area contributed by atoms with E-state index in [0.29, 0.717) is 11.1 Å². The van der Waals surface area contributed by atoms with Crippen molar-refractivity contribution in [1.82, 2.24) is 9.97 Å². The van der Waals surface area contributed by atoms with Gasteiger partial charge in [0.15, 0.2) is 5.69 Å². The number of aromatic carboxylic acids is 1. The molecule has 0 amide bonds. The van der Waals surface area contributed by atoms with Crippen LogP contribution in [0.4, 0.5) is 17.6 Å². The summed E-state index contributed by atoms with van der Waals surface area (Å²) in [6.07, 6.45) is -2.84. The third-order valence-electron chi connectivity index (χ3n) is 4.95. The van der Waals surface area contributed by atoms with Gasteiger partial charge in [0, 0.05) is 5.56 Å². The van der Waals surface area contributed by atoms with Crippen molar-refractivity contribution in [2.24, 2.45) is 0 Å². The molecule has 0 fully saturated rings. The van der Waals surface area contributed by atoms with Crippen LogP contribution in [-0.2, 0) is 12.8 Å². The van der Waals surface area contributed by atoms with E-state index in [-0.39, 0.29) is 23.4 Å². The number of alkyl halides is 3. The zero-order valence-electron chi connectivity index (χ0n) is 17.4. The van der Waals surface area contributed by atoms with Gasteiger partial charge in [-0.15, -0.1) is 0 Å². The van der Waals surface area contributed by atoms with Crippen LogP contribution in [-0.4, -0.2) is 21.0 Å². The van der Waals surface area contributed by atoms with Gasteiger partial charge in [0.05, 0.1) is 18.1 Å². The summed E-state index contributed by atoms with van der Waals surface area (Å²) in [5.74, 6) is -2.38. The number of ether oxygens (including phenoxy) is 1. The second kappa shape index (κ2) is 9.30. The predicted octanol–water partition coefficient (Wildman–Crippen LogP) is 6.25. The Kier molecular flexibility index (Phi) is 6.27. The zero-order valence-corrected chi connectivity index (χ0v) is 17.4. The molecule has 0 radical (unpaired) electrons. The fourth-order valence-electron chi connectivity index (χ4n) is 3.44. The van der Waals surface area contributed by atoms with Crippen molar-refractivity contribution in [1.29, 1.82) is 0 Å². The minimum Gasteiger partial charge on any atom is -0.488 e. The van der Waals surface area contributed by atoms with Gasteiger partial charge in [-0.25, -0.2) is 14.2 Å². The molecule has 3 aromatic carbocycles. The van der Waals surface area contributed by atoms with Crippen molar-refractivity contribution in [3.8, 4) is 28.1 Å². The second-order valence-electron chi connectivity index (χ2n) is 7.23. The van der Waals surface area contributed by atoms with Crippen molar-refractivity contribution >= 4 is 5.97 Å². The summed E-state index contributed by atoms with van der Waals surface area (Å²) in [7, 11) is 0. The third-order valence-corrected chi connectivity index (χ3v) is 4.95. The molecule has 0 spiro atoms. The first kappa shape index (κ1) is 22.9. The van der Waals surface area contributed by atoms with Crippen molar-refractivity contribution < 1.29 is 32.2 Å². The number of nitrogens with zero attached hydrogens (tertiary/aromatic N) is 2. The standard InChI is InChI=1S/C25H16F4N2O3/c26-17-8-6-15(7-9-17)14-34-21-11-10-18(16-4-2-1-3-5-16)22(23(21)25(27,28)29)19-12-30-13-20(31-19)24(32)33/h1-13H,14H2,(H,32,33). The molecule has 0 aliphatic heterocycles. The number of hydrogen-bond donors (Lipinski definition) is 1. The van der Waals surface area contributed by atoms with E-state index in [9.17, 15) is 27.5 Å². The van der Waals surface area contributed by atoms with Crippen LogP contribution in [0.2, 0.25) is 0 Å². The Labute approximate surface area is 191 Å². The highest BCUT2D eigenvalue weighted by Crippen LogP contribution is 2.47. The van der Waals surface area contributed by atoms with Crippen LogP contribution in [0.15, 0.2) is 79.1 Å². The van der Waals surface area contributed by atoms with E-state index in [1.807, 2.05) is 0 Å². The molecular weight excluding hydrogens is 452 g/mol. The van der Waals surface area contributed by atoms with E-state index in [2.05, 4.69) is 9.97 Å². The Morgan fingerprint density at radius 3 is 2.29 bits per heavy atom. The molecule has 1 aromatic heterocycles. The molecule has 1 N–H and O–H groups in total. The lowest BCUT2D eigenvalue weighted by Crippen LogP contribution is -2.13. The van der Waals surface area contributed by atoms with Gasteiger partial charge in [-0.1, -0.05) is 42.5 Å². The molecule has 34 heavy (non-hydrogen) atoms. The molecule has 172 valence electrons. The van der Waals surface area contributed by atoms with E-state index in [1.165, 1.54) is 36.4 Å². The number of carbonyl (C=O) groups is 1. The van der Waals surface area contributed by atoms with Crippen molar-refractivity contribution in [2.75, 3.05) is 0 Å². The first-order chi connectivity index (χ1) is 16.2. The molecule has 0 aliphatic rings. The van der Waals surface area contributed by atoms with Crippen LogP contribution in [0.1, 0.15) is 21.6 Å². The van der Waals surface area contributed by atoms with Crippen LogP contribution in [0.25, 0.3) is 22.4 Å². The molecule has 0 saturated heterocycles.